The lowest BCUT2D eigenvalue weighted by molar-refractivity contribution is -0.141. The molecule has 1 heterocycles. The number of hydrogen-bond acceptors (Lipinski definition) is 5. The minimum Gasteiger partial charge on any atom is -0.493 e. The fourth-order valence-electron chi connectivity index (χ4n) is 3.28. The van der Waals surface area contributed by atoms with E-state index in [9.17, 15) is 19.1 Å². The van der Waals surface area contributed by atoms with Crippen LogP contribution in [0.3, 0.4) is 0 Å². The van der Waals surface area contributed by atoms with Gasteiger partial charge in [0.1, 0.15) is 18.8 Å². The number of carboxylic acids is 1. The maximum atomic E-state index is 13.8. The average molecular weight is 403 g/mol. The fourth-order valence-corrected chi connectivity index (χ4v) is 3.28. The number of rotatable bonds is 7. The lowest BCUT2D eigenvalue weighted by Crippen LogP contribution is -2.40. The summed E-state index contributed by atoms with van der Waals surface area (Å²) >= 11 is 0. The number of alkyl halides is 1. The van der Waals surface area contributed by atoms with Gasteiger partial charge in [0.25, 0.3) is 5.91 Å². The Bertz CT molecular complexity index is 863. The van der Waals surface area contributed by atoms with Crippen LogP contribution in [-0.2, 0) is 11.4 Å². The number of nitrogens with zero attached hydrogens (tertiary/aromatic N) is 1. The predicted octanol–water partition coefficient (Wildman–Crippen LogP) is 2.92. The SMILES string of the molecule is COc1cc(C(=O)N2C[C@H](F)C[C@H]2C(=O)O)cc(OC)c1OCc1ccccc1. The summed E-state index contributed by atoms with van der Waals surface area (Å²) in [5.74, 6) is -1.02. The second-order valence-electron chi connectivity index (χ2n) is 6.63. The van der Waals surface area contributed by atoms with Gasteiger partial charge in [-0.1, -0.05) is 30.3 Å². The van der Waals surface area contributed by atoms with Gasteiger partial charge in [-0.3, -0.25) is 4.79 Å². The topological polar surface area (TPSA) is 85.3 Å². The molecule has 2 aromatic rings. The third-order valence-electron chi connectivity index (χ3n) is 4.73. The fraction of sp³-hybridized carbons (Fsp3) is 0.333. The highest BCUT2D eigenvalue weighted by atomic mass is 19.1. The van der Waals surface area contributed by atoms with Gasteiger partial charge >= 0.3 is 5.97 Å². The second kappa shape index (κ2) is 8.81. The Hall–Kier alpha value is -3.29. The van der Waals surface area contributed by atoms with Crippen LogP contribution in [0.2, 0.25) is 0 Å². The molecule has 8 heteroatoms. The average Bonchev–Trinajstić information content (AvgIpc) is 3.13. The van der Waals surface area contributed by atoms with Crippen LogP contribution in [0.1, 0.15) is 22.3 Å². The molecule has 0 aliphatic carbocycles. The Morgan fingerprint density at radius 1 is 1.14 bits per heavy atom. The van der Waals surface area contributed by atoms with Crippen LogP contribution in [0.5, 0.6) is 17.2 Å². The number of methoxy groups -OCH3 is 2. The molecule has 0 saturated carbocycles. The van der Waals surface area contributed by atoms with Crippen molar-refractivity contribution in [1.29, 1.82) is 0 Å². The molecule has 1 saturated heterocycles. The number of ether oxygens (including phenoxy) is 3. The normalized spacial score (nSPS) is 18.4. The van der Waals surface area contributed by atoms with Crippen molar-refractivity contribution in [3.8, 4) is 17.2 Å². The Balaban J connectivity index is 1.89. The maximum absolute atomic E-state index is 13.8. The largest absolute Gasteiger partial charge is 0.493 e. The summed E-state index contributed by atoms with van der Waals surface area (Å²) in [6.07, 6.45) is -1.61. The smallest absolute Gasteiger partial charge is 0.326 e. The lowest BCUT2D eigenvalue weighted by atomic mass is 10.1. The zero-order valence-corrected chi connectivity index (χ0v) is 16.1. The summed E-state index contributed by atoms with van der Waals surface area (Å²) in [6, 6.07) is 11.2. The van der Waals surface area contributed by atoms with Crippen LogP contribution in [0, 0.1) is 0 Å². The highest BCUT2D eigenvalue weighted by Gasteiger charge is 2.40. The van der Waals surface area contributed by atoms with Gasteiger partial charge in [0.15, 0.2) is 11.5 Å². The van der Waals surface area contributed by atoms with Crippen molar-refractivity contribution < 1.29 is 33.3 Å². The molecule has 0 radical (unpaired) electrons. The summed E-state index contributed by atoms with van der Waals surface area (Å²) < 4.78 is 30.3. The van der Waals surface area contributed by atoms with E-state index in [1.165, 1.54) is 26.4 Å². The van der Waals surface area contributed by atoms with Crippen molar-refractivity contribution in [2.24, 2.45) is 0 Å². The van der Waals surface area contributed by atoms with Crippen LogP contribution in [0.25, 0.3) is 0 Å². The molecule has 7 nitrogen and oxygen atoms in total. The van der Waals surface area contributed by atoms with Crippen LogP contribution >= 0.6 is 0 Å². The van der Waals surface area contributed by atoms with Crippen LogP contribution < -0.4 is 14.2 Å². The van der Waals surface area contributed by atoms with E-state index in [1.54, 1.807) is 0 Å². The standard InChI is InChI=1S/C21H22FNO6/c1-27-17-8-14(20(24)23-11-15(22)10-16(23)21(25)26)9-18(28-2)19(17)29-12-13-6-4-3-5-7-13/h3-9,15-16H,10-12H2,1-2H3,(H,25,26)/t15-,16+/m1/s1. The third-order valence-corrected chi connectivity index (χ3v) is 4.73. The molecule has 1 N–H and O–H groups in total. The number of hydrogen-bond donors (Lipinski definition) is 1. The third kappa shape index (κ3) is 4.42. The number of aliphatic carboxylic acids is 1. The van der Waals surface area contributed by atoms with Crippen molar-refractivity contribution in [2.45, 2.75) is 25.2 Å². The van der Waals surface area contributed by atoms with Gasteiger partial charge in [0.2, 0.25) is 5.75 Å². The van der Waals surface area contributed by atoms with E-state index in [0.717, 1.165) is 10.5 Å². The molecule has 1 amide bonds. The number of halogens is 1. The molecule has 2 atom stereocenters. The first-order valence-electron chi connectivity index (χ1n) is 9.05. The van der Waals surface area contributed by atoms with E-state index < -0.39 is 24.1 Å². The quantitative estimate of drug-likeness (QED) is 0.765. The Morgan fingerprint density at radius 3 is 2.31 bits per heavy atom. The molecule has 0 spiro atoms. The van der Waals surface area contributed by atoms with E-state index in [0.29, 0.717) is 5.75 Å². The first-order valence-corrected chi connectivity index (χ1v) is 9.05. The molecule has 1 aliphatic heterocycles. The summed E-state index contributed by atoms with van der Waals surface area (Å²) in [5, 5.41) is 9.29. The van der Waals surface area contributed by atoms with Crippen LogP contribution in [0.4, 0.5) is 4.39 Å². The van der Waals surface area contributed by atoms with Gasteiger partial charge in [-0.25, -0.2) is 9.18 Å². The molecule has 0 bridgehead atoms. The summed E-state index contributed by atoms with van der Waals surface area (Å²) in [7, 11) is 2.85. The van der Waals surface area contributed by atoms with Crippen molar-refractivity contribution in [1.82, 2.24) is 4.90 Å². The number of likely N-dealkylation sites (tertiary alicyclic amines) is 1. The Labute approximate surface area is 167 Å². The van der Waals surface area contributed by atoms with E-state index in [1.807, 2.05) is 30.3 Å². The van der Waals surface area contributed by atoms with Gasteiger partial charge in [0.05, 0.1) is 20.8 Å². The molecule has 1 aliphatic rings. The molecule has 3 rings (SSSR count). The highest BCUT2D eigenvalue weighted by molar-refractivity contribution is 5.98. The zero-order chi connectivity index (χ0) is 21.0. The Morgan fingerprint density at radius 2 is 1.76 bits per heavy atom. The molecule has 0 unspecified atom stereocenters. The first kappa shape index (κ1) is 20.4. The first-order chi connectivity index (χ1) is 13.9. The minimum atomic E-state index is -1.38. The number of carbonyl (C=O) groups excluding carboxylic acids is 1. The lowest BCUT2D eigenvalue weighted by Gasteiger charge is -2.22. The van der Waals surface area contributed by atoms with Gasteiger partial charge in [-0.2, -0.15) is 0 Å². The van der Waals surface area contributed by atoms with E-state index >= 15 is 0 Å². The number of amides is 1. The number of carboxylic acid groups (broad SMARTS) is 1. The molecular weight excluding hydrogens is 381 g/mol. The molecule has 154 valence electrons. The number of carbonyl (C=O) groups is 2. The molecular formula is C21H22FNO6. The van der Waals surface area contributed by atoms with Crippen molar-refractivity contribution in [3.63, 3.8) is 0 Å². The zero-order valence-electron chi connectivity index (χ0n) is 16.1. The van der Waals surface area contributed by atoms with Gasteiger partial charge in [0, 0.05) is 12.0 Å². The minimum absolute atomic E-state index is 0.131. The summed E-state index contributed by atoms with van der Waals surface area (Å²) in [6.45, 7) is -0.00964. The van der Waals surface area contributed by atoms with Crippen LogP contribution in [-0.4, -0.2) is 54.9 Å². The van der Waals surface area contributed by atoms with E-state index in [2.05, 4.69) is 0 Å². The van der Waals surface area contributed by atoms with E-state index in [4.69, 9.17) is 14.2 Å². The maximum Gasteiger partial charge on any atom is 0.326 e. The molecule has 1 fully saturated rings. The second-order valence-corrected chi connectivity index (χ2v) is 6.63. The Kier molecular flexibility index (Phi) is 6.21. The van der Waals surface area contributed by atoms with E-state index in [-0.39, 0.29) is 36.6 Å². The van der Waals surface area contributed by atoms with Crippen LogP contribution in [0.15, 0.2) is 42.5 Å². The van der Waals surface area contributed by atoms with Crippen molar-refractivity contribution >= 4 is 11.9 Å². The van der Waals surface area contributed by atoms with Gasteiger partial charge in [-0.15, -0.1) is 0 Å². The highest BCUT2D eigenvalue weighted by Crippen LogP contribution is 2.40. The predicted molar refractivity (Wildman–Crippen MR) is 102 cm³/mol. The van der Waals surface area contributed by atoms with Gasteiger partial charge < -0.3 is 24.2 Å². The number of benzene rings is 2. The van der Waals surface area contributed by atoms with Gasteiger partial charge in [-0.05, 0) is 17.7 Å². The molecule has 29 heavy (non-hydrogen) atoms. The monoisotopic (exact) mass is 403 g/mol. The summed E-state index contributed by atoms with van der Waals surface area (Å²) in [5.41, 5.74) is 1.07. The summed E-state index contributed by atoms with van der Waals surface area (Å²) in [4.78, 5) is 25.3. The molecule has 2 aromatic carbocycles. The van der Waals surface area contributed by atoms with Crippen molar-refractivity contribution in [2.75, 3.05) is 20.8 Å². The van der Waals surface area contributed by atoms with Crippen molar-refractivity contribution in [3.05, 3.63) is 53.6 Å². The molecule has 0 aromatic heterocycles.